The Morgan fingerprint density at radius 3 is 2.53 bits per heavy atom. The Kier molecular flexibility index (Phi) is 4.76. The van der Waals surface area contributed by atoms with E-state index in [4.69, 9.17) is 5.73 Å². The summed E-state index contributed by atoms with van der Waals surface area (Å²) in [6.07, 6.45) is 0.521. The summed E-state index contributed by atoms with van der Waals surface area (Å²) in [5.74, 6) is 0.235. The maximum Gasteiger partial charge on any atom is 0.154 e. The second-order valence-corrected chi connectivity index (χ2v) is 6.36. The second kappa shape index (κ2) is 5.63. The van der Waals surface area contributed by atoms with E-state index in [2.05, 4.69) is 15.9 Å². The fourth-order valence-corrected chi connectivity index (χ4v) is 3.31. The lowest BCUT2D eigenvalue weighted by molar-refractivity contribution is 0.592. The molecule has 0 saturated heterocycles. The van der Waals surface area contributed by atoms with Gasteiger partial charge in [0.2, 0.25) is 0 Å². The van der Waals surface area contributed by atoms with E-state index in [0.717, 1.165) is 10.0 Å². The molecular weight excluding hydrogens is 278 g/mol. The summed E-state index contributed by atoms with van der Waals surface area (Å²) < 4.78 is 24.1. The molecule has 5 heteroatoms. The average Bonchev–Trinajstić information content (AvgIpc) is 2.18. The number of halogens is 1. The minimum Gasteiger partial charge on any atom is -0.330 e. The summed E-state index contributed by atoms with van der Waals surface area (Å²) in [7, 11) is -3.03. The van der Waals surface area contributed by atoms with Crippen LogP contribution in [0.25, 0.3) is 0 Å². The van der Waals surface area contributed by atoms with E-state index in [1.165, 1.54) is 0 Å². The highest BCUT2D eigenvalue weighted by molar-refractivity contribution is 9.10. The van der Waals surface area contributed by atoms with Crippen molar-refractivity contribution in [2.24, 2.45) is 5.73 Å². The van der Waals surface area contributed by atoms with Crippen molar-refractivity contribution in [1.29, 1.82) is 0 Å². The quantitative estimate of drug-likeness (QED) is 0.898. The van der Waals surface area contributed by atoms with Gasteiger partial charge in [-0.25, -0.2) is 8.42 Å². The predicted octanol–water partition coefficient (Wildman–Crippen LogP) is 1.71. The van der Waals surface area contributed by atoms with Gasteiger partial charge in [-0.3, -0.25) is 0 Å². The lowest BCUT2D eigenvalue weighted by Gasteiger charge is -2.05. The summed E-state index contributed by atoms with van der Waals surface area (Å²) in [6.45, 7) is 0.412. The first-order valence-electron chi connectivity index (χ1n) is 4.69. The maximum absolute atomic E-state index is 11.6. The van der Waals surface area contributed by atoms with E-state index < -0.39 is 9.84 Å². The van der Waals surface area contributed by atoms with E-state index in [1.54, 1.807) is 0 Å². The molecule has 0 radical (unpaired) electrons. The van der Waals surface area contributed by atoms with Crippen LogP contribution >= 0.6 is 15.9 Å². The molecule has 3 nitrogen and oxygen atoms in total. The van der Waals surface area contributed by atoms with Crippen molar-refractivity contribution in [3.05, 3.63) is 34.3 Å². The zero-order valence-corrected chi connectivity index (χ0v) is 10.7. The maximum atomic E-state index is 11.6. The highest BCUT2D eigenvalue weighted by atomic mass is 79.9. The standard InChI is InChI=1S/C10H14BrNO2S/c11-10-5-2-1-4-9(10)8-15(13,14)7-3-6-12/h1-2,4-5H,3,6-8,12H2. The molecule has 0 aromatic heterocycles. The minimum atomic E-state index is -3.03. The van der Waals surface area contributed by atoms with Crippen molar-refractivity contribution in [2.45, 2.75) is 12.2 Å². The smallest absolute Gasteiger partial charge is 0.154 e. The lowest BCUT2D eigenvalue weighted by atomic mass is 10.2. The number of rotatable bonds is 5. The molecule has 1 rings (SSSR count). The Balaban J connectivity index is 2.74. The van der Waals surface area contributed by atoms with Crippen LogP contribution in [0.1, 0.15) is 12.0 Å². The van der Waals surface area contributed by atoms with Crippen LogP contribution in [0.15, 0.2) is 28.7 Å². The van der Waals surface area contributed by atoms with Crippen molar-refractivity contribution < 1.29 is 8.42 Å². The fraction of sp³-hybridized carbons (Fsp3) is 0.400. The first kappa shape index (κ1) is 12.7. The van der Waals surface area contributed by atoms with Crippen LogP contribution < -0.4 is 5.73 Å². The average molecular weight is 292 g/mol. The van der Waals surface area contributed by atoms with Crippen molar-refractivity contribution in [3.63, 3.8) is 0 Å². The fourth-order valence-electron chi connectivity index (χ4n) is 1.23. The molecule has 0 heterocycles. The van der Waals surface area contributed by atoms with Crippen LogP contribution in [-0.4, -0.2) is 20.7 Å². The van der Waals surface area contributed by atoms with Gasteiger partial charge in [-0.2, -0.15) is 0 Å². The van der Waals surface area contributed by atoms with Crippen molar-refractivity contribution in [1.82, 2.24) is 0 Å². The van der Waals surface area contributed by atoms with Gasteiger partial charge in [-0.1, -0.05) is 34.1 Å². The van der Waals surface area contributed by atoms with Crippen molar-refractivity contribution >= 4 is 25.8 Å². The molecule has 0 aliphatic rings. The summed E-state index contributed by atoms with van der Waals surface area (Å²) in [5.41, 5.74) is 6.09. The molecule has 1 aromatic rings. The molecule has 0 spiro atoms. The van der Waals surface area contributed by atoms with Crippen LogP contribution in [-0.2, 0) is 15.6 Å². The number of hydrogen-bond acceptors (Lipinski definition) is 3. The lowest BCUT2D eigenvalue weighted by Crippen LogP contribution is -2.13. The van der Waals surface area contributed by atoms with Crippen LogP contribution in [0, 0.1) is 0 Å². The highest BCUT2D eigenvalue weighted by Crippen LogP contribution is 2.18. The number of nitrogens with two attached hydrogens (primary N) is 1. The minimum absolute atomic E-state index is 0.0778. The summed E-state index contributed by atoms with van der Waals surface area (Å²) in [4.78, 5) is 0. The normalized spacial score (nSPS) is 11.6. The molecule has 0 fully saturated rings. The SMILES string of the molecule is NCCCS(=O)(=O)Cc1ccccc1Br. The van der Waals surface area contributed by atoms with Crippen LogP contribution in [0.3, 0.4) is 0 Å². The zero-order valence-electron chi connectivity index (χ0n) is 8.32. The second-order valence-electron chi connectivity index (χ2n) is 3.33. The Hall–Kier alpha value is -0.390. The predicted molar refractivity (Wildman–Crippen MR) is 65.3 cm³/mol. The molecule has 84 valence electrons. The van der Waals surface area contributed by atoms with Crippen LogP contribution in [0.4, 0.5) is 0 Å². The monoisotopic (exact) mass is 291 g/mol. The van der Waals surface area contributed by atoms with Gasteiger partial charge < -0.3 is 5.73 Å². The van der Waals surface area contributed by atoms with Gasteiger partial charge in [0.05, 0.1) is 11.5 Å². The number of benzene rings is 1. The topological polar surface area (TPSA) is 60.2 Å². The van der Waals surface area contributed by atoms with Gasteiger partial charge in [0.25, 0.3) is 0 Å². The molecule has 0 amide bonds. The largest absolute Gasteiger partial charge is 0.330 e. The first-order chi connectivity index (χ1) is 7.05. The van der Waals surface area contributed by atoms with Gasteiger partial charge in [0, 0.05) is 4.47 Å². The van der Waals surface area contributed by atoms with E-state index in [1.807, 2.05) is 24.3 Å². The van der Waals surface area contributed by atoms with Crippen molar-refractivity contribution in [2.75, 3.05) is 12.3 Å². The molecule has 0 aliphatic heterocycles. The Morgan fingerprint density at radius 2 is 1.93 bits per heavy atom. The molecule has 2 N–H and O–H groups in total. The molecule has 15 heavy (non-hydrogen) atoms. The van der Waals surface area contributed by atoms with E-state index in [0.29, 0.717) is 13.0 Å². The van der Waals surface area contributed by atoms with E-state index >= 15 is 0 Å². The highest BCUT2D eigenvalue weighted by Gasteiger charge is 2.12. The van der Waals surface area contributed by atoms with Crippen molar-refractivity contribution in [3.8, 4) is 0 Å². The summed E-state index contributed by atoms with van der Waals surface area (Å²) in [5, 5.41) is 0. The third kappa shape index (κ3) is 4.32. The summed E-state index contributed by atoms with van der Waals surface area (Å²) >= 11 is 3.33. The van der Waals surface area contributed by atoms with Crippen LogP contribution in [0.2, 0.25) is 0 Å². The molecule has 0 aliphatic carbocycles. The molecule has 0 unspecified atom stereocenters. The summed E-state index contributed by atoms with van der Waals surface area (Å²) in [6, 6.07) is 7.34. The third-order valence-electron chi connectivity index (χ3n) is 1.99. The van der Waals surface area contributed by atoms with Gasteiger partial charge >= 0.3 is 0 Å². The van der Waals surface area contributed by atoms with Gasteiger partial charge in [-0.05, 0) is 24.6 Å². The zero-order chi connectivity index (χ0) is 11.3. The molecule has 0 bridgehead atoms. The Labute approximate surface area is 98.7 Å². The van der Waals surface area contributed by atoms with E-state index in [9.17, 15) is 8.42 Å². The number of hydrogen-bond donors (Lipinski definition) is 1. The number of sulfone groups is 1. The van der Waals surface area contributed by atoms with Gasteiger partial charge in [0.1, 0.15) is 0 Å². The van der Waals surface area contributed by atoms with E-state index in [-0.39, 0.29) is 11.5 Å². The first-order valence-corrected chi connectivity index (χ1v) is 7.30. The Bertz CT molecular complexity index is 417. The Morgan fingerprint density at radius 1 is 1.27 bits per heavy atom. The molecular formula is C10H14BrNO2S. The molecule has 1 aromatic carbocycles. The van der Waals surface area contributed by atoms with Crippen LogP contribution in [0.5, 0.6) is 0 Å². The third-order valence-corrected chi connectivity index (χ3v) is 4.43. The molecule has 0 saturated carbocycles. The van der Waals surface area contributed by atoms with Gasteiger partial charge in [0.15, 0.2) is 9.84 Å². The molecule has 0 atom stereocenters. The van der Waals surface area contributed by atoms with Gasteiger partial charge in [-0.15, -0.1) is 0 Å².